The maximum atomic E-state index is 13.8. The van der Waals surface area contributed by atoms with Crippen molar-refractivity contribution in [3.05, 3.63) is 84.2 Å². The predicted octanol–water partition coefficient (Wildman–Crippen LogP) is 6.14. The minimum absolute atomic E-state index is 0.414. The maximum absolute atomic E-state index is 13.8. The average Bonchev–Trinajstić information content (AvgIpc) is 3.45. The van der Waals surface area contributed by atoms with Crippen LogP contribution in [0.4, 0.5) is 4.39 Å². The predicted molar refractivity (Wildman–Crippen MR) is 121 cm³/mol. The van der Waals surface area contributed by atoms with Crippen molar-refractivity contribution >= 4 is 23.4 Å². The van der Waals surface area contributed by atoms with Crippen molar-refractivity contribution in [2.75, 3.05) is 0 Å². The van der Waals surface area contributed by atoms with Crippen LogP contribution in [0.1, 0.15) is 0 Å². The van der Waals surface area contributed by atoms with Gasteiger partial charge in [-0.05, 0) is 30.3 Å². The summed E-state index contributed by atoms with van der Waals surface area (Å²) in [5, 5.41) is 5.44. The number of hydrogen-bond donors (Lipinski definition) is 0. The topological polar surface area (TPSA) is 69.6 Å². The van der Waals surface area contributed by atoms with E-state index in [1.54, 1.807) is 18.0 Å². The fourth-order valence-corrected chi connectivity index (χ4v) is 4.38. The van der Waals surface area contributed by atoms with E-state index in [1.165, 1.54) is 18.7 Å². The first-order valence-corrected chi connectivity index (χ1v) is 10.8. The van der Waals surface area contributed by atoms with Gasteiger partial charge in [0.1, 0.15) is 22.4 Å². The summed E-state index contributed by atoms with van der Waals surface area (Å²) in [6.07, 6.45) is 4.07. The van der Waals surface area contributed by atoms with Gasteiger partial charge in [0.25, 0.3) is 0 Å². The molecular formula is C23H15ClFN5OS. The summed E-state index contributed by atoms with van der Waals surface area (Å²) in [4.78, 5) is 13.9. The zero-order valence-electron chi connectivity index (χ0n) is 16.7. The highest BCUT2D eigenvalue weighted by Crippen LogP contribution is 2.39. The molecule has 0 amide bonds. The van der Waals surface area contributed by atoms with E-state index in [1.807, 2.05) is 60.1 Å². The molecule has 0 fully saturated rings. The fraction of sp³-hybridized carbons (Fsp3) is 0.0435. The van der Waals surface area contributed by atoms with Gasteiger partial charge in [0.05, 0.1) is 6.20 Å². The van der Waals surface area contributed by atoms with Gasteiger partial charge in [-0.15, -0.1) is 0 Å². The lowest BCUT2D eigenvalue weighted by atomic mass is 10.1. The molecular weight excluding hydrogens is 449 g/mol. The molecule has 0 aliphatic rings. The highest BCUT2D eigenvalue weighted by Gasteiger charge is 2.19. The monoisotopic (exact) mass is 463 g/mol. The van der Waals surface area contributed by atoms with Crippen molar-refractivity contribution in [1.29, 1.82) is 0 Å². The molecule has 6 nitrogen and oxygen atoms in total. The Morgan fingerprint density at radius 3 is 2.41 bits per heavy atom. The van der Waals surface area contributed by atoms with Gasteiger partial charge in [-0.1, -0.05) is 52.8 Å². The van der Waals surface area contributed by atoms with E-state index >= 15 is 0 Å². The first kappa shape index (κ1) is 20.4. The van der Waals surface area contributed by atoms with Gasteiger partial charge in [0, 0.05) is 39.9 Å². The molecule has 5 aromatic rings. The summed E-state index contributed by atoms with van der Waals surface area (Å²) in [7, 11) is 1.91. The molecule has 2 aromatic carbocycles. The Morgan fingerprint density at radius 2 is 1.72 bits per heavy atom. The third-order valence-corrected chi connectivity index (χ3v) is 6.23. The van der Waals surface area contributed by atoms with E-state index in [0.29, 0.717) is 22.2 Å². The second-order valence-corrected chi connectivity index (χ2v) is 8.43. The molecule has 3 heterocycles. The Kier molecular flexibility index (Phi) is 5.46. The van der Waals surface area contributed by atoms with Crippen molar-refractivity contribution < 1.29 is 8.91 Å². The number of halogens is 2. The van der Waals surface area contributed by atoms with Crippen LogP contribution >= 0.6 is 23.4 Å². The zero-order valence-corrected chi connectivity index (χ0v) is 18.3. The third-order valence-electron chi connectivity index (χ3n) is 4.81. The van der Waals surface area contributed by atoms with Crippen LogP contribution in [-0.2, 0) is 7.05 Å². The highest BCUT2D eigenvalue weighted by atomic mass is 35.5. The maximum Gasteiger partial charge on any atom is 0.214 e. The second kappa shape index (κ2) is 8.57. The van der Waals surface area contributed by atoms with Crippen molar-refractivity contribution in [1.82, 2.24) is 24.7 Å². The molecule has 9 heteroatoms. The molecule has 0 saturated carbocycles. The summed E-state index contributed by atoms with van der Waals surface area (Å²) < 4.78 is 20.6. The highest BCUT2D eigenvalue weighted by molar-refractivity contribution is 7.99. The minimum atomic E-state index is -0.414. The Hall–Kier alpha value is -3.49. The minimum Gasteiger partial charge on any atom is -0.342 e. The van der Waals surface area contributed by atoms with E-state index in [4.69, 9.17) is 21.1 Å². The Morgan fingerprint density at radius 1 is 0.969 bits per heavy atom. The fourth-order valence-electron chi connectivity index (χ4n) is 3.27. The van der Waals surface area contributed by atoms with Crippen molar-refractivity contribution in [3.8, 4) is 34.0 Å². The Balaban J connectivity index is 1.61. The molecule has 0 radical (unpaired) electrons. The molecule has 0 N–H and O–H groups in total. The lowest BCUT2D eigenvalue weighted by Gasteiger charge is -2.08. The van der Waals surface area contributed by atoms with Crippen LogP contribution in [0, 0.1) is 5.82 Å². The standard InChI is InChI=1S/C23H15ClFN5OS/c1-30-22(16-10-18(25)12-26-11-16)28-20(23(30)32-19-8-6-17(24)7-9-19)14-2-4-15(5-3-14)21-27-13-31-29-21/h2-13H,1H3. The lowest BCUT2D eigenvalue weighted by molar-refractivity contribution is 0.419. The second-order valence-electron chi connectivity index (χ2n) is 6.93. The molecule has 0 spiro atoms. The van der Waals surface area contributed by atoms with Gasteiger partial charge in [-0.2, -0.15) is 4.98 Å². The number of imidazole rings is 1. The SMILES string of the molecule is Cn1c(-c2cncc(F)c2)nc(-c2ccc(-c3ncon3)cc2)c1Sc1ccc(Cl)cc1. The molecule has 0 bridgehead atoms. The number of aromatic nitrogens is 5. The van der Waals surface area contributed by atoms with Gasteiger partial charge < -0.3 is 9.09 Å². The van der Waals surface area contributed by atoms with Gasteiger partial charge in [-0.25, -0.2) is 9.37 Å². The van der Waals surface area contributed by atoms with Crippen LogP contribution < -0.4 is 0 Å². The lowest BCUT2D eigenvalue weighted by Crippen LogP contribution is -1.95. The molecule has 0 saturated heterocycles. The number of nitrogens with zero attached hydrogens (tertiary/aromatic N) is 5. The van der Waals surface area contributed by atoms with Gasteiger partial charge >= 0.3 is 0 Å². The Bertz CT molecular complexity index is 1370. The van der Waals surface area contributed by atoms with Crippen molar-refractivity contribution in [3.63, 3.8) is 0 Å². The largest absolute Gasteiger partial charge is 0.342 e. The molecule has 0 aliphatic heterocycles. The van der Waals surface area contributed by atoms with E-state index in [9.17, 15) is 4.39 Å². The number of benzene rings is 2. The summed E-state index contributed by atoms with van der Waals surface area (Å²) in [5.41, 5.74) is 3.10. The van der Waals surface area contributed by atoms with Crippen molar-refractivity contribution in [2.24, 2.45) is 7.05 Å². The molecule has 0 atom stereocenters. The van der Waals surface area contributed by atoms with Crippen LogP contribution in [0.3, 0.4) is 0 Å². The van der Waals surface area contributed by atoms with Gasteiger partial charge in [-0.3, -0.25) is 4.98 Å². The van der Waals surface area contributed by atoms with Crippen LogP contribution in [0.25, 0.3) is 34.0 Å². The zero-order chi connectivity index (χ0) is 22.1. The van der Waals surface area contributed by atoms with E-state index in [2.05, 4.69) is 15.1 Å². The van der Waals surface area contributed by atoms with E-state index in [0.717, 1.165) is 26.7 Å². The van der Waals surface area contributed by atoms with Gasteiger partial charge in [0.2, 0.25) is 12.2 Å². The first-order valence-electron chi connectivity index (χ1n) is 9.57. The van der Waals surface area contributed by atoms with E-state index < -0.39 is 5.82 Å². The number of hydrogen-bond acceptors (Lipinski definition) is 6. The third kappa shape index (κ3) is 4.02. The summed E-state index contributed by atoms with van der Waals surface area (Å²) >= 11 is 7.60. The van der Waals surface area contributed by atoms with Gasteiger partial charge in [0.15, 0.2) is 0 Å². The number of pyridine rings is 1. The molecule has 158 valence electrons. The summed E-state index contributed by atoms with van der Waals surface area (Å²) in [6.45, 7) is 0. The van der Waals surface area contributed by atoms with Crippen molar-refractivity contribution in [2.45, 2.75) is 9.92 Å². The molecule has 3 aromatic heterocycles. The summed E-state index contributed by atoms with van der Waals surface area (Å²) in [6, 6.07) is 16.7. The molecule has 0 unspecified atom stereocenters. The van der Waals surface area contributed by atoms with Crippen LogP contribution in [0.15, 0.2) is 87.8 Å². The molecule has 5 rings (SSSR count). The quantitative estimate of drug-likeness (QED) is 0.311. The Labute approximate surface area is 192 Å². The first-order chi connectivity index (χ1) is 15.6. The molecule has 0 aliphatic carbocycles. The van der Waals surface area contributed by atoms with Crippen LogP contribution in [0.2, 0.25) is 5.02 Å². The van der Waals surface area contributed by atoms with E-state index in [-0.39, 0.29) is 0 Å². The van der Waals surface area contributed by atoms with Crippen LogP contribution in [0.5, 0.6) is 0 Å². The average molecular weight is 464 g/mol. The smallest absolute Gasteiger partial charge is 0.214 e. The summed E-state index contributed by atoms with van der Waals surface area (Å²) in [5.74, 6) is 0.717. The normalized spacial score (nSPS) is 11.1. The number of rotatable bonds is 5. The molecule has 32 heavy (non-hydrogen) atoms. The van der Waals surface area contributed by atoms with Crippen LogP contribution in [-0.4, -0.2) is 24.7 Å².